The van der Waals surface area contributed by atoms with Gasteiger partial charge in [0.25, 0.3) is 0 Å². The smallest absolute Gasteiger partial charge is 0.312 e. The van der Waals surface area contributed by atoms with E-state index in [1.165, 1.54) is 0 Å². The summed E-state index contributed by atoms with van der Waals surface area (Å²) in [5.41, 5.74) is 5.02. The highest BCUT2D eigenvalue weighted by Crippen LogP contribution is 2.21. The van der Waals surface area contributed by atoms with Gasteiger partial charge < -0.3 is 21.1 Å². The Morgan fingerprint density at radius 3 is 2.33 bits per heavy atom. The quantitative estimate of drug-likeness (QED) is 0.622. The molecular weight excluding hydrogens is 238 g/mol. The second-order valence-electron chi connectivity index (χ2n) is 4.94. The van der Waals surface area contributed by atoms with Crippen molar-refractivity contribution in [1.82, 2.24) is 10.2 Å². The van der Waals surface area contributed by atoms with E-state index < -0.39 is 18.0 Å². The van der Waals surface area contributed by atoms with Crippen molar-refractivity contribution in [2.24, 2.45) is 17.6 Å². The van der Waals surface area contributed by atoms with Gasteiger partial charge in [0.15, 0.2) is 0 Å². The van der Waals surface area contributed by atoms with Gasteiger partial charge in [0, 0.05) is 19.0 Å². The number of hydrogen-bond acceptors (Lipinski definition) is 3. The Morgan fingerprint density at radius 2 is 1.94 bits per heavy atom. The molecule has 1 saturated heterocycles. The Kier molecular flexibility index (Phi) is 4.52. The lowest BCUT2D eigenvalue weighted by atomic mass is 9.93. The number of urea groups is 1. The van der Waals surface area contributed by atoms with Gasteiger partial charge in [-0.25, -0.2) is 4.79 Å². The van der Waals surface area contributed by atoms with E-state index in [4.69, 9.17) is 10.8 Å². The van der Waals surface area contributed by atoms with Gasteiger partial charge in [-0.1, -0.05) is 13.8 Å². The maximum absolute atomic E-state index is 12.0. The van der Waals surface area contributed by atoms with Gasteiger partial charge in [0.2, 0.25) is 5.91 Å². The summed E-state index contributed by atoms with van der Waals surface area (Å²) in [5, 5.41) is 11.0. The number of nitrogens with two attached hydrogens (primary N) is 1. The summed E-state index contributed by atoms with van der Waals surface area (Å²) in [5.74, 6) is -1.12. The van der Waals surface area contributed by atoms with Crippen LogP contribution in [0.1, 0.15) is 20.3 Å². The van der Waals surface area contributed by atoms with Crippen LogP contribution in [-0.2, 0) is 9.59 Å². The number of carbonyl (C=O) groups is 3. The number of aliphatic carboxylic acids is 1. The van der Waals surface area contributed by atoms with Crippen LogP contribution in [-0.4, -0.2) is 47.0 Å². The average Bonchev–Trinajstić information content (AvgIpc) is 2.17. The highest BCUT2D eigenvalue weighted by atomic mass is 16.4. The minimum Gasteiger partial charge on any atom is -0.481 e. The minimum atomic E-state index is -0.859. The molecule has 0 aliphatic carbocycles. The molecule has 3 amide bonds. The van der Waals surface area contributed by atoms with Gasteiger partial charge >= 0.3 is 12.0 Å². The van der Waals surface area contributed by atoms with E-state index in [0.717, 1.165) is 0 Å². The molecule has 1 aliphatic heterocycles. The highest BCUT2D eigenvalue weighted by molar-refractivity contribution is 5.87. The molecule has 1 atom stereocenters. The number of nitrogens with one attached hydrogen (secondary N) is 1. The number of carbonyl (C=O) groups excluding carboxylic acids is 2. The number of rotatable bonds is 5. The summed E-state index contributed by atoms with van der Waals surface area (Å²) in [4.78, 5) is 34.9. The lowest BCUT2D eigenvalue weighted by molar-refractivity contribution is -0.146. The molecule has 0 aromatic rings. The number of hydrogen-bond donors (Lipinski definition) is 3. The number of carboxylic acids is 1. The zero-order chi connectivity index (χ0) is 13.9. The molecule has 4 N–H and O–H groups in total. The van der Waals surface area contributed by atoms with Gasteiger partial charge in [-0.15, -0.1) is 0 Å². The molecule has 102 valence electrons. The predicted octanol–water partition coefficient (Wildman–Crippen LogP) is -0.388. The van der Waals surface area contributed by atoms with Crippen LogP contribution in [0.25, 0.3) is 0 Å². The van der Waals surface area contributed by atoms with Crippen LogP contribution in [0.2, 0.25) is 0 Å². The molecule has 1 aliphatic rings. The van der Waals surface area contributed by atoms with E-state index in [-0.39, 0.29) is 24.2 Å². The SMILES string of the molecule is CC(C)C(NC(N)=O)C(=O)N1CC(CC(=O)O)C1. The third-order valence-electron chi connectivity index (χ3n) is 2.96. The molecule has 0 aromatic heterocycles. The van der Waals surface area contributed by atoms with E-state index >= 15 is 0 Å². The predicted molar refractivity (Wildman–Crippen MR) is 63.7 cm³/mol. The minimum absolute atomic E-state index is 0.00726. The summed E-state index contributed by atoms with van der Waals surface area (Å²) in [7, 11) is 0. The van der Waals surface area contributed by atoms with E-state index in [2.05, 4.69) is 5.32 Å². The normalized spacial score (nSPS) is 17.2. The standard InChI is InChI=1S/C11H19N3O4/c1-6(2)9(13-11(12)18)10(17)14-4-7(5-14)3-8(15)16/h6-7,9H,3-5H2,1-2H3,(H,15,16)(H3,12,13,18). The Bertz CT molecular complexity index is 350. The maximum atomic E-state index is 12.0. The molecule has 0 radical (unpaired) electrons. The first-order chi connectivity index (χ1) is 8.31. The monoisotopic (exact) mass is 257 g/mol. The first-order valence-electron chi connectivity index (χ1n) is 5.87. The number of likely N-dealkylation sites (tertiary alicyclic amines) is 1. The Hall–Kier alpha value is -1.79. The van der Waals surface area contributed by atoms with Crippen LogP contribution in [0.3, 0.4) is 0 Å². The van der Waals surface area contributed by atoms with Crippen molar-refractivity contribution in [3.8, 4) is 0 Å². The number of primary amides is 1. The van der Waals surface area contributed by atoms with E-state index in [1.807, 2.05) is 13.8 Å². The molecule has 1 heterocycles. The van der Waals surface area contributed by atoms with Gasteiger partial charge in [0.1, 0.15) is 6.04 Å². The molecule has 1 fully saturated rings. The van der Waals surface area contributed by atoms with Crippen molar-refractivity contribution in [3.63, 3.8) is 0 Å². The van der Waals surface area contributed by atoms with Crippen LogP contribution in [0.4, 0.5) is 4.79 Å². The second-order valence-corrected chi connectivity index (χ2v) is 4.94. The van der Waals surface area contributed by atoms with Crippen molar-refractivity contribution in [2.75, 3.05) is 13.1 Å². The van der Waals surface area contributed by atoms with Crippen molar-refractivity contribution < 1.29 is 19.5 Å². The lowest BCUT2D eigenvalue weighted by Gasteiger charge is -2.41. The summed E-state index contributed by atoms with van der Waals surface area (Å²) in [6, 6.07) is -1.38. The summed E-state index contributed by atoms with van der Waals surface area (Å²) >= 11 is 0. The average molecular weight is 257 g/mol. The van der Waals surface area contributed by atoms with Crippen LogP contribution < -0.4 is 11.1 Å². The van der Waals surface area contributed by atoms with Gasteiger partial charge in [-0.05, 0) is 5.92 Å². The lowest BCUT2D eigenvalue weighted by Crippen LogP contribution is -2.59. The van der Waals surface area contributed by atoms with Crippen molar-refractivity contribution in [2.45, 2.75) is 26.3 Å². The maximum Gasteiger partial charge on any atom is 0.312 e. The molecular formula is C11H19N3O4. The largest absolute Gasteiger partial charge is 0.481 e. The molecule has 0 bridgehead atoms. The van der Waals surface area contributed by atoms with Gasteiger partial charge in [-0.3, -0.25) is 9.59 Å². The molecule has 0 spiro atoms. The molecule has 7 nitrogen and oxygen atoms in total. The molecule has 18 heavy (non-hydrogen) atoms. The zero-order valence-electron chi connectivity index (χ0n) is 10.5. The summed E-state index contributed by atoms with van der Waals surface area (Å²) < 4.78 is 0. The van der Waals surface area contributed by atoms with Gasteiger partial charge in [0.05, 0.1) is 6.42 Å². The molecule has 7 heteroatoms. The van der Waals surface area contributed by atoms with Crippen LogP contribution in [0, 0.1) is 11.8 Å². The fourth-order valence-corrected chi connectivity index (χ4v) is 1.99. The highest BCUT2D eigenvalue weighted by Gasteiger charge is 2.36. The van der Waals surface area contributed by atoms with Crippen LogP contribution in [0.5, 0.6) is 0 Å². The molecule has 1 unspecified atom stereocenters. The number of carboxylic acid groups (broad SMARTS) is 1. The van der Waals surface area contributed by atoms with E-state index in [1.54, 1.807) is 4.90 Å². The zero-order valence-corrected chi connectivity index (χ0v) is 10.5. The number of nitrogens with zero attached hydrogens (tertiary/aromatic N) is 1. The topological polar surface area (TPSA) is 113 Å². The molecule has 0 saturated carbocycles. The Labute approximate surface area is 105 Å². The first-order valence-corrected chi connectivity index (χ1v) is 5.87. The van der Waals surface area contributed by atoms with Crippen LogP contribution >= 0.6 is 0 Å². The second kappa shape index (κ2) is 5.70. The van der Waals surface area contributed by atoms with Crippen LogP contribution in [0.15, 0.2) is 0 Å². The van der Waals surface area contributed by atoms with Crippen molar-refractivity contribution in [3.05, 3.63) is 0 Å². The molecule has 0 aromatic carbocycles. The van der Waals surface area contributed by atoms with E-state index in [0.29, 0.717) is 13.1 Å². The first kappa shape index (κ1) is 14.3. The van der Waals surface area contributed by atoms with E-state index in [9.17, 15) is 14.4 Å². The fourth-order valence-electron chi connectivity index (χ4n) is 1.99. The third-order valence-corrected chi connectivity index (χ3v) is 2.96. The fraction of sp³-hybridized carbons (Fsp3) is 0.727. The van der Waals surface area contributed by atoms with Gasteiger partial charge in [-0.2, -0.15) is 0 Å². The summed E-state index contributed by atoms with van der Waals surface area (Å²) in [6.45, 7) is 4.48. The summed E-state index contributed by atoms with van der Waals surface area (Å²) in [6.07, 6.45) is 0.0688. The molecule has 1 rings (SSSR count). The van der Waals surface area contributed by atoms with Crippen molar-refractivity contribution >= 4 is 17.9 Å². The Morgan fingerprint density at radius 1 is 1.39 bits per heavy atom. The van der Waals surface area contributed by atoms with Crippen molar-refractivity contribution in [1.29, 1.82) is 0 Å². The third kappa shape index (κ3) is 3.61. The number of amides is 3. The Balaban J connectivity index is 2.49.